The summed E-state index contributed by atoms with van der Waals surface area (Å²) < 4.78 is 68.6. The van der Waals surface area contributed by atoms with E-state index in [4.69, 9.17) is 37.0 Å². The van der Waals surface area contributed by atoms with E-state index in [1.54, 1.807) is 0 Å². The van der Waals surface area contributed by atoms with Gasteiger partial charge in [-0.15, -0.1) is 0 Å². The highest BCUT2D eigenvalue weighted by atomic mass is 31.2. The van der Waals surface area contributed by atoms with Gasteiger partial charge in [-0.1, -0.05) is 350 Å². The SMILES string of the molecule is CCCCCCCCCCCCCCCC(=O)O[C@H](COC(=O)CCCCCCCCCCCC(C)C)COP(=O)(O)OC[C@H](O)COP(=O)(O)OC[C@@H](COC(=O)CCCCCCCCCCCCCCCC(C)C)OC(=O)CCCCCCCCCCCCCCCC(C)C. The zero-order valence-electron chi connectivity index (χ0n) is 63.5. The molecule has 0 aromatic rings. The molecule has 576 valence electrons. The predicted molar refractivity (Wildman–Crippen MR) is 395 cm³/mol. The van der Waals surface area contributed by atoms with Crippen LogP contribution >= 0.6 is 15.6 Å². The second kappa shape index (κ2) is 68.5. The van der Waals surface area contributed by atoms with Crippen LogP contribution < -0.4 is 0 Å². The van der Waals surface area contributed by atoms with E-state index in [1.807, 2.05) is 0 Å². The number of unbranched alkanes of at least 4 members (excludes halogenated alkanes) is 44. The summed E-state index contributed by atoms with van der Waals surface area (Å²) in [5, 5.41) is 10.6. The molecule has 5 atom stereocenters. The fourth-order valence-corrected chi connectivity index (χ4v) is 13.5. The number of hydrogen-bond donors (Lipinski definition) is 3. The van der Waals surface area contributed by atoms with Crippen LogP contribution in [0.15, 0.2) is 0 Å². The van der Waals surface area contributed by atoms with Gasteiger partial charge in [-0.2, -0.15) is 0 Å². The minimum Gasteiger partial charge on any atom is -0.462 e. The lowest BCUT2D eigenvalue weighted by atomic mass is 10.0. The molecule has 3 N–H and O–H groups in total. The van der Waals surface area contributed by atoms with Gasteiger partial charge in [-0.05, 0) is 43.4 Å². The number of esters is 4. The lowest BCUT2D eigenvalue weighted by Crippen LogP contribution is -2.30. The van der Waals surface area contributed by atoms with Crippen molar-refractivity contribution in [1.82, 2.24) is 0 Å². The van der Waals surface area contributed by atoms with Crippen LogP contribution in [0, 0.1) is 17.8 Å². The number of phosphoric acid groups is 2. The first-order chi connectivity index (χ1) is 46.7. The van der Waals surface area contributed by atoms with Gasteiger partial charge in [0.2, 0.25) is 0 Å². The summed E-state index contributed by atoms with van der Waals surface area (Å²) in [6.07, 6.45) is 55.3. The minimum absolute atomic E-state index is 0.107. The Morgan fingerprint density at radius 2 is 0.474 bits per heavy atom. The van der Waals surface area contributed by atoms with Crippen LogP contribution in [-0.4, -0.2) is 96.7 Å². The number of hydrogen-bond acceptors (Lipinski definition) is 15. The van der Waals surface area contributed by atoms with Gasteiger partial charge in [0.25, 0.3) is 0 Å². The van der Waals surface area contributed by atoms with Crippen molar-refractivity contribution in [2.45, 2.75) is 420 Å². The van der Waals surface area contributed by atoms with Crippen molar-refractivity contribution in [3.05, 3.63) is 0 Å². The van der Waals surface area contributed by atoms with E-state index < -0.39 is 97.5 Å². The maximum atomic E-state index is 13.1. The summed E-state index contributed by atoms with van der Waals surface area (Å²) in [5.74, 6) is 0.209. The van der Waals surface area contributed by atoms with Crippen LogP contribution in [0.5, 0.6) is 0 Å². The lowest BCUT2D eigenvalue weighted by molar-refractivity contribution is -0.161. The van der Waals surface area contributed by atoms with Gasteiger partial charge in [0.1, 0.15) is 19.3 Å². The Balaban J connectivity index is 5.27. The Kier molecular flexibility index (Phi) is 67.1. The molecule has 0 radical (unpaired) electrons. The van der Waals surface area contributed by atoms with Crippen LogP contribution in [0.4, 0.5) is 0 Å². The van der Waals surface area contributed by atoms with Crippen LogP contribution in [-0.2, 0) is 65.4 Å². The average molecular weight is 1420 g/mol. The van der Waals surface area contributed by atoms with Crippen molar-refractivity contribution < 1.29 is 80.2 Å². The second-order valence-electron chi connectivity index (χ2n) is 29.5. The largest absolute Gasteiger partial charge is 0.472 e. The number of carbonyl (C=O) groups excluding carboxylic acids is 4. The summed E-state index contributed by atoms with van der Waals surface area (Å²) in [6.45, 7) is 11.9. The van der Waals surface area contributed by atoms with Crippen molar-refractivity contribution >= 4 is 39.5 Å². The quantitative estimate of drug-likeness (QED) is 0.0222. The average Bonchev–Trinajstić information content (AvgIpc) is 2.14. The molecule has 0 amide bonds. The summed E-state index contributed by atoms with van der Waals surface area (Å²) >= 11 is 0. The van der Waals surface area contributed by atoms with Crippen LogP contribution in [0.2, 0.25) is 0 Å². The molecule has 0 heterocycles. The van der Waals surface area contributed by atoms with Gasteiger partial charge in [0, 0.05) is 25.7 Å². The van der Waals surface area contributed by atoms with E-state index in [9.17, 15) is 43.2 Å². The minimum atomic E-state index is -4.96. The molecule has 19 heteroatoms. The van der Waals surface area contributed by atoms with E-state index in [2.05, 4.69) is 48.5 Å². The Bertz CT molecular complexity index is 1890. The molecular formula is C78H152O17P2. The van der Waals surface area contributed by atoms with E-state index in [0.717, 1.165) is 108 Å². The van der Waals surface area contributed by atoms with E-state index in [-0.39, 0.29) is 25.7 Å². The topological polar surface area (TPSA) is 237 Å². The van der Waals surface area contributed by atoms with Crippen molar-refractivity contribution in [2.75, 3.05) is 39.6 Å². The highest BCUT2D eigenvalue weighted by Crippen LogP contribution is 2.45. The van der Waals surface area contributed by atoms with E-state index in [1.165, 1.54) is 212 Å². The molecule has 0 aromatic heterocycles. The van der Waals surface area contributed by atoms with Gasteiger partial charge in [-0.25, -0.2) is 9.13 Å². The molecule has 0 aliphatic rings. The lowest BCUT2D eigenvalue weighted by Gasteiger charge is -2.21. The summed E-state index contributed by atoms with van der Waals surface area (Å²) in [6, 6.07) is 0. The number of aliphatic hydroxyl groups excluding tert-OH is 1. The first-order valence-electron chi connectivity index (χ1n) is 40.3. The fourth-order valence-electron chi connectivity index (χ4n) is 12.0. The zero-order chi connectivity index (χ0) is 71.6. The summed E-state index contributed by atoms with van der Waals surface area (Å²) in [7, 11) is -9.92. The third kappa shape index (κ3) is 72.2. The highest BCUT2D eigenvalue weighted by Gasteiger charge is 2.30. The van der Waals surface area contributed by atoms with Crippen molar-refractivity contribution in [3.8, 4) is 0 Å². The standard InChI is InChI=1S/C78H152O17P2/c1-8-9-10-11-12-13-14-17-25-32-40-47-54-61-77(82)95-74(66-89-76(81)60-53-46-39-34-27-30-37-44-51-58-71(6)7)68-93-97(86,87)91-64-72(79)63-90-96(84,85)92-67-73(94-78(83)62-55-48-41-33-26-21-16-19-23-29-36-43-50-57-70(4)5)65-88-75(80)59-52-45-38-31-24-20-15-18-22-28-35-42-49-56-69(2)3/h69-74,79H,8-68H2,1-7H3,(H,84,85)(H,86,87)/t72-,73-,74-/m1/s1. The smallest absolute Gasteiger partial charge is 0.462 e. The predicted octanol–water partition coefficient (Wildman–Crippen LogP) is 23.0. The van der Waals surface area contributed by atoms with Crippen LogP contribution in [0.1, 0.15) is 402 Å². The maximum Gasteiger partial charge on any atom is 0.472 e. The Hall–Kier alpha value is -1.94. The first-order valence-corrected chi connectivity index (χ1v) is 43.3. The second-order valence-corrected chi connectivity index (χ2v) is 32.4. The molecule has 0 aromatic carbocycles. The van der Waals surface area contributed by atoms with Crippen molar-refractivity contribution in [1.29, 1.82) is 0 Å². The van der Waals surface area contributed by atoms with Gasteiger partial charge in [-0.3, -0.25) is 37.3 Å². The van der Waals surface area contributed by atoms with Gasteiger partial charge in [0.05, 0.1) is 26.4 Å². The number of rotatable bonds is 76. The molecule has 2 unspecified atom stereocenters. The molecule has 97 heavy (non-hydrogen) atoms. The number of carbonyl (C=O) groups is 4. The monoisotopic (exact) mass is 1420 g/mol. The molecule has 0 saturated heterocycles. The number of ether oxygens (including phenoxy) is 4. The summed E-state index contributed by atoms with van der Waals surface area (Å²) in [5.41, 5.74) is 0. The molecule has 0 fully saturated rings. The Morgan fingerprint density at radius 1 is 0.278 bits per heavy atom. The zero-order valence-corrected chi connectivity index (χ0v) is 65.3. The molecule has 17 nitrogen and oxygen atoms in total. The molecule has 0 rings (SSSR count). The molecule has 0 spiro atoms. The number of aliphatic hydroxyl groups is 1. The van der Waals surface area contributed by atoms with Gasteiger partial charge in [0.15, 0.2) is 12.2 Å². The first kappa shape index (κ1) is 95.1. The Labute approximate surface area is 594 Å². The Morgan fingerprint density at radius 3 is 0.701 bits per heavy atom. The summed E-state index contributed by atoms with van der Waals surface area (Å²) in [4.78, 5) is 72.9. The maximum absolute atomic E-state index is 13.1. The van der Waals surface area contributed by atoms with E-state index >= 15 is 0 Å². The molecule has 0 saturated carbocycles. The molecular weight excluding hydrogens is 1270 g/mol. The van der Waals surface area contributed by atoms with Crippen molar-refractivity contribution in [3.63, 3.8) is 0 Å². The molecule has 0 aliphatic carbocycles. The third-order valence-corrected chi connectivity index (χ3v) is 20.0. The third-order valence-electron chi connectivity index (χ3n) is 18.1. The normalized spacial score (nSPS) is 14.0. The van der Waals surface area contributed by atoms with Crippen LogP contribution in [0.3, 0.4) is 0 Å². The molecule has 0 aliphatic heterocycles. The van der Waals surface area contributed by atoms with E-state index in [0.29, 0.717) is 25.7 Å². The van der Waals surface area contributed by atoms with Gasteiger partial charge >= 0.3 is 39.5 Å². The van der Waals surface area contributed by atoms with Crippen molar-refractivity contribution in [2.24, 2.45) is 17.8 Å². The number of phosphoric ester groups is 2. The highest BCUT2D eigenvalue weighted by molar-refractivity contribution is 7.47. The van der Waals surface area contributed by atoms with Gasteiger partial charge < -0.3 is 33.8 Å². The fraction of sp³-hybridized carbons (Fsp3) is 0.949. The molecule has 0 bridgehead atoms. The van der Waals surface area contributed by atoms with Crippen LogP contribution in [0.25, 0.3) is 0 Å².